The largest absolute Gasteiger partial charge is 0.514 e. The molecule has 0 bridgehead atoms. The molecular weight excluding hydrogens is 224 g/mol. The molecule has 0 N–H and O–H groups in total. The smallest absolute Gasteiger partial charge is 0.429 e. The van der Waals surface area contributed by atoms with E-state index >= 15 is 0 Å². The number of carbonyl (C=O) groups is 1. The Morgan fingerprint density at radius 3 is 3.08 bits per heavy atom. The van der Waals surface area contributed by atoms with Crippen molar-refractivity contribution in [1.29, 1.82) is 0 Å². The molecule has 12 heavy (non-hydrogen) atoms. The molecule has 0 spiro atoms. The van der Waals surface area contributed by atoms with Crippen LogP contribution in [0, 0.1) is 0 Å². The maximum atomic E-state index is 10.7. The third-order valence-electron chi connectivity index (χ3n) is 1.56. The van der Waals surface area contributed by atoms with Gasteiger partial charge in [0.05, 0.1) is 0 Å². The molecule has 0 amide bonds. The highest BCUT2D eigenvalue weighted by molar-refractivity contribution is 9.10. The number of rotatable bonds is 0. The van der Waals surface area contributed by atoms with Gasteiger partial charge in [-0.1, -0.05) is 15.9 Å². The van der Waals surface area contributed by atoms with E-state index in [0.29, 0.717) is 5.75 Å². The summed E-state index contributed by atoms with van der Waals surface area (Å²) in [5.41, 5.74) is 0.879. The zero-order chi connectivity index (χ0) is 8.55. The number of fused-ring (bicyclic) bond motifs is 1. The highest BCUT2D eigenvalue weighted by atomic mass is 79.9. The van der Waals surface area contributed by atoms with Gasteiger partial charge in [0.2, 0.25) is 0 Å². The van der Waals surface area contributed by atoms with Gasteiger partial charge in [-0.2, -0.15) is 0 Å². The number of ether oxygens (including phenoxy) is 2. The molecule has 0 unspecified atom stereocenters. The standard InChI is InChI=1S/C8H5BrO3/c9-6-1-2-7-5(3-6)4-11-8(10)12-7/h1-3H,4H2. The molecule has 3 nitrogen and oxygen atoms in total. The highest BCUT2D eigenvalue weighted by Crippen LogP contribution is 2.27. The Morgan fingerprint density at radius 1 is 1.42 bits per heavy atom. The summed E-state index contributed by atoms with van der Waals surface area (Å²) in [4.78, 5) is 10.7. The van der Waals surface area contributed by atoms with E-state index in [1.54, 1.807) is 6.07 Å². The first-order valence-corrected chi connectivity index (χ1v) is 4.18. The summed E-state index contributed by atoms with van der Waals surface area (Å²) in [6.07, 6.45) is -0.634. The minimum atomic E-state index is -0.634. The van der Waals surface area contributed by atoms with Crippen LogP contribution in [0.1, 0.15) is 5.56 Å². The van der Waals surface area contributed by atoms with Gasteiger partial charge in [-0.3, -0.25) is 0 Å². The van der Waals surface area contributed by atoms with E-state index in [1.807, 2.05) is 12.1 Å². The van der Waals surface area contributed by atoms with Gasteiger partial charge in [-0.25, -0.2) is 4.79 Å². The molecule has 1 aliphatic heterocycles. The molecule has 1 aromatic carbocycles. The molecule has 0 saturated heterocycles. The molecular formula is C8H5BrO3. The van der Waals surface area contributed by atoms with Crippen LogP contribution in [0.2, 0.25) is 0 Å². The monoisotopic (exact) mass is 228 g/mol. The van der Waals surface area contributed by atoms with Gasteiger partial charge in [-0.15, -0.1) is 0 Å². The SMILES string of the molecule is O=C1OCc2cc(Br)ccc2O1. The number of hydrogen-bond donors (Lipinski definition) is 0. The number of cyclic esters (lactones) is 1. The Hall–Kier alpha value is -1.03. The lowest BCUT2D eigenvalue weighted by molar-refractivity contribution is 0.0785. The first kappa shape index (κ1) is 7.61. The van der Waals surface area contributed by atoms with E-state index < -0.39 is 6.16 Å². The van der Waals surface area contributed by atoms with Gasteiger partial charge in [-0.05, 0) is 18.2 Å². The number of hydrogen-bond acceptors (Lipinski definition) is 3. The number of carbonyl (C=O) groups excluding carboxylic acids is 1. The lowest BCUT2D eigenvalue weighted by Crippen LogP contribution is -2.16. The van der Waals surface area contributed by atoms with Crippen LogP contribution in [0.5, 0.6) is 5.75 Å². The van der Waals surface area contributed by atoms with Crippen molar-refractivity contribution < 1.29 is 14.3 Å². The normalized spacial score (nSPS) is 14.6. The Labute approximate surface area is 77.4 Å². The van der Waals surface area contributed by atoms with E-state index in [4.69, 9.17) is 4.74 Å². The maximum Gasteiger partial charge on any atom is 0.514 e. The van der Waals surface area contributed by atoms with Crippen LogP contribution in [0.15, 0.2) is 22.7 Å². The third kappa shape index (κ3) is 1.30. The first-order valence-electron chi connectivity index (χ1n) is 3.39. The summed E-state index contributed by atoms with van der Waals surface area (Å²) in [6, 6.07) is 5.42. The summed E-state index contributed by atoms with van der Waals surface area (Å²) in [6.45, 7) is 0.285. The summed E-state index contributed by atoms with van der Waals surface area (Å²) in [5.74, 6) is 0.578. The molecule has 0 radical (unpaired) electrons. The van der Waals surface area contributed by atoms with Crippen molar-refractivity contribution in [3.05, 3.63) is 28.2 Å². The van der Waals surface area contributed by atoms with E-state index in [2.05, 4.69) is 20.7 Å². The Balaban J connectivity index is 2.43. The minimum Gasteiger partial charge on any atom is -0.429 e. The molecule has 0 aromatic heterocycles. The second-order valence-corrected chi connectivity index (χ2v) is 3.31. The summed E-state index contributed by atoms with van der Waals surface area (Å²) >= 11 is 3.31. The van der Waals surface area contributed by atoms with E-state index in [0.717, 1.165) is 10.0 Å². The van der Waals surface area contributed by atoms with E-state index in [1.165, 1.54) is 0 Å². The minimum absolute atomic E-state index is 0.285. The average Bonchev–Trinajstić information content (AvgIpc) is 2.05. The van der Waals surface area contributed by atoms with Crippen LogP contribution >= 0.6 is 15.9 Å². The van der Waals surface area contributed by atoms with Gasteiger partial charge in [0, 0.05) is 10.0 Å². The van der Waals surface area contributed by atoms with E-state index in [9.17, 15) is 4.79 Å². The second kappa shape index (κ2) is 2.79. The van der Waals surface area contributed by atoms with Crippen LogP contribution in [-0.2, 0) is 11.3 Å². The van der Waals surface area contributed by atoms with Gasteiger partial charge in [0.1, 0.15) is 12.4 Å². The quantitative estimate of drug-likeness (QED) is 0.506. The number of benzene rings is 1. The fourth-order valence-corrected chi connectivity index (χ4v) is 1.42. The topological polar surface area (TPSA) is 35.5 Å². The molecule has 1 aromatic rings. The lowest BCUT2D eigenvalue weighted by Gasteiger charge is -2.15. The molecule has 0 saturated carbocycles. The molecule has 0 fully saturated rings. The van der Waals surface area contributed by atoms with Crippen LogP contribution in [0.3, 0.4) is 0 Å². The van der Waals surface area contributed by atoms with Crippen molar-refractivity contribution in [3.63, 3.8) is 0 Å². The fourth-order valence-electron chi connectivity index (χ4n) is 1.02. The molecule has 0 aliphatic carbocycles. The van der Waals surface area contributed by atoms with Crippen LogP contribution in [0.25, 0.3) is 0 Å². The van der Waals surface area contributed by atoms with Gasteiger partial charge in [0.25, 0.3) is 0 Å². The summed E-state index contributed by atoms with van der Waals surface area (Å²) < 4.78 is 10.4. The van der Waals surface area contributed by atoms with Gasteiger partial charge in [0.15, 0.2) is 0 Å². The molecule has 2 rings (SSSR count). The zero-order valence-corrected chi connectivity index (χ0v) is 7.63. The second-order valence-electron chi connectivity index (χ2n) is 2.39. The molecule has 62 valence electrons. The van der Waals surface area contributed by atoms with Crippen molar-refractivity contribution in [3.8, 4) is 5.75 Å². The van der Waals surface area contributed by atoms with Gasteiger partial charge >= 0.3 is 6.16 Å². The van der Waals surface area contributed by atoms with Crippen LogP contribution in [-0.4, -0.2) is 6.16 Å². The fraction of sp³-hybridized carbons (Fsp3) is 0.125. The van der Waals surface area contributed by atoms with Crippen LogP contribution < -0.4 is 4.74 Å². The van der Waals surface area contributed by atoms with Crippen molar-refractivity contribution in [2.24, 2.45) is 0 Å². The van der Waals surface area contributed by atoms with Crippen molar-refractivity contribution >= 4 is 22.1 Å². The molecule has 1 heterocycles. The van der Waals surface area contributed by atoms with Crippen molar-refractivity contribution in [1.82, 2.24) is 0 Å². The maximum absolute atomic E-state index is 10.7. The predicted molar refractivity (Wildman–Crippen MR) is 45.0 cm³/mol. The van der Waals surface area contributed by atoms with Gasteiger partial charge < -0.3 is 9.47 Å². The number of halogens is 1. The first-order chi connectivity index (χ1) is 5.75. The molecule has 0 atom stereocenters. The third-order valence-corrected chi connectivity index (χ3v) is 2.05. The average molecular weight is 229 g/mol. The molecule has 1 aliphatic rings. The Morgan fingerprint density at radius 2 is 2.25 bits per heavy atom. The van der Waals surface area contributed by atoms with Crippen LogP contribution in [0.4, 0.5) is 4.79 Å². The summed E-state index contributed by atoms with van der Waals surface area (Å²) in [7, 11) is 0. The Bertz CT molecular complexity index is 335. The molecule has 4 heteroatoms. The predicted octanol–water partition coefficient (Wildman–Crippen LogP) is 2.48. The highest BCUT2D eigenvalue weighted by Gasteiger charge is 2.17. The zero-order valence-electron chi connectivity index (χ0n) is 6.04. The van der Waals surface area contributed by atoms with E-state index in [-0.39, 0.29) is 6.61 Å². The summed E-state index contributed by atoms with van der Waals surface area (Å²) in [5, 5.41) is 0. The van der Waals surface area contributed by atoms with Crippen molar-refractivity contribution in [2.75, 3.05) is 0 Å². The lowest BCUT2D eigenvalue weighted by atomic mass is 10.2. The van der Waals surface area contributed by atoms with Crippen molar-refractivity contribution in [2.45, 2.75) is 6.61 Å². The Kier molecular flexibility index (Phi) is 1.77.